The molecule has 0 amide bonds. The van der Waals surface area contributed by atoms with Crippen LogP contribution in [0, 0.1) is 0 Å². The van der Waals surface area contributed by atoms with Crippen molar-refractivity contribution in [1.82, 2.24) is 10.6 Å². The van der Waals surface area contributed by atoms with Crippen molar-refractivity contribution in [2.45, 2.75) is 36.8 Å². The fourth-order valence-corrected chi connectivity index (χ4v) is 8.33. The van der Waals surface area contributed by atoms with E-state index in [-0.39, 0.29) is 0 Å². The average Bonchev–Trinajstić information content (AvgIpc) is 3.37. The second-order valence-corrected chi connectivity index (χ2v) is 12.7. The summed E-state index contributed by atoms with van der Waals surface area (Å²) in [5, 5.41) is 8.43. The molecule has 2 heteroatoms. The Hall–Kier alpha value is -4.76. The average molecular weight is 597 g/mol. The van der Waals surface area contributed by atoms with Gasteiger partial charge in [-0.25, -0.2) is 0 Å². The lowest BCUT2D eigenvalue weighted by Crippen LogP contribution is -2.51. The van der Waals surface area contributed by atoms with Gasteiger partial charge in [0.15, 0.2) is 0 Å². The van der Waals surface area contributed by atoms with E-state index in [9.17, 15) is 0 Å². The molecule has 2 aliphatic carbocycles. The van der Waals surface area contributed by atoms with Crippen LogP contribution in [-0.4, -0.2) is 13.1 Å². The fraction of sp³-hybridized carbons (Fsp3) is 0.182. The SMILES string of the molecule is c1ccc(C2(NCCNC3(c4ccccc4)c4ccccc4CCc4ccccc43)c3ccccc3CCc3ccccc32)cc1. The van der Waals surface area contributed by atoms with E-state index in [2.05, 4.69) is 168 Å². The van der Waals surface area contributed by atoms with Gasteiger partial charge in [-0.1, -0.05) is 158 Å². The van der Waals surface area contributed by atoms with E-state index in [4.69, 9.17) is 0 Å². The van der Waals surface area contributed by atoms with Crippen LogP contribution < -0.4 is 10.6 Å². The van der Waals surface area contributed by atoms with Gasteiger partial charge in [-0.3, -0.25) is 10.6 Å². The number of benzene rings is 6. The molecule has 0 fully saturated rings. The molecular formula is C44H40N2. The maximum Gasteiger partial charge on any atom is 0.0953 e. The number of hydrogen-bond donors (Lipinski definition) is 2. The van der Waals surface area contributed by atoms with Crippen molar-refractivity contribution in [1.29, 1.82) is 0 Å². The van der Waals surface area contributed by atoms with Gasteiger partial charge in [-0.05, 0) is 81.3 Å². The predicted octanol–water partition coefficient (Wildman–Crippen LogP) is 8.35. The van der Waals surface area contributed by atoms with Gasteiger partial charge in [0.25, 0.3) is 0 Å². The Morgan fingerprint density at radius 3 is 0.891 bits per heavy atom. The van der Waals surface area contributed by atoms with Crippen LogP contribution >= 0.6 is 0 Å². The maximum absolute atomic E-state index is 4.21. The van der Waals surface area contributed by atoms with Gasteiger partial charge in [0, 0.05) is 13.1 Å². The van der Waals surface area contributed by atoms with Gasteiger partial charge in [0.05, 0.1) is 11.1 Å². The summed E-state index contributed by atoms with van der Waals surface area (Å²) in [5.74, 6) is 0. The highest BCUT2D eigenvalue weighted by atomic mass is 15.1. The number of aryl methyl sites for hydroxylation is 4. The van der Waals surface area contributed by atoms with E-state index in [0.717, 1.165) is 38.8 Å². The lowest BCUT2D eigenvalue weighted by atomic mass is 9.74. The van der Waals surface area contributed by atoms with E-state index in [0.29, 0.717) is 0 Å². The topological polar surface area (TPSA) is 24.1 Å². The summed E-state index contributed by atoms with van der Waals surface area (Å²) in [6, 6.07) is 58.4. The minimum Gasteiger partial charge on any atom is -0.299 e. The quantitative estimate of drug-likeness (QED) is 0.181. The van der Waals surface area contributed by atoms with E-state index in [1.807, 2.05) is 0 Å². The van der Waals surface area contributed by atoms with Gasteiger partial charge < -0.3 is 0 Å². The predicted molar refractivity (Wildman–Crippen MR) is 189 cm³/mol. The molecule has 8 rings (SSSR count). The smallest absolute Gasteiger partial charge is 0.0953 e. The molecule has 0 atom stereocenters. The molecule has 0 heterocycles. The molecule has 0 radical (unpaired) electrons. The summed E-state index contributed by atoms with van der Waals surface area (Å²) >= 11 is 0. The van der Waals surface area contributed by atoms with E-state index in [1.54, 1.807) is 0 Å². The first-order valence-electron chi connectivity index (χ1n) is 16.8. The van der Waals surface area contributed by atoms with Crippen molar-refractivity contribution in [3.8, 4) is 0 Å². The molecule has 46 heavy (non-hydrogen) atoms. The zero-order chi connectivity index (χ0) is 30.8. The Kier molecular flexibility index (Phi) is 7.62. The third-order valence-corrected chi connectivity index (χ3v) is 10.3. The normalized spacial score (nSPS) is 15.7. The number of hydrogen-bond acceptors (Lipinski definition) is 2. The van der Waals surface area contributed by atoms with Crippen molar-refractivity contribution in [3.63, 3.8) is 0 Å². The number of rotatable bonds is 7. The summed E-state index contributed by atoms with van der Waals surface area (Å²) in [5.41, 5.74) is 12.7. The van der Waals surface area contributed by atoms with Gasteiger partial charge in [0.2, 0.25) is 0 Å². The van der Waals surface area contributed by atoms with Crippen molar-refractivity contribution in [2.75, 3.05) is 13.1 Å². The van der Waals surface area contributed by atoms with Crippen LogP contribution in [-0.2, 0) is 36.8 Å². The summed E-state index contributed by atoms with van der Waals surface area (Å²) < 4.78 is 0. The Labute approximate surface area is 273 Å². The molecule has 0 unspecified atom stereocenters. The molecule has 0 saturated heterocycles. The second-order valence-electron chi connectivity index (χ2n) is 12.7. The minimum atomic E-state index is -0.466. The molecule has 0 aliphatic heterocycles. The Balaban J connectivity index is 1.24. The van der Waals surface area contributed by atoms with Gasteiger partial charge in [-0.15, -0.1) is 0 Å². The van der Waals surface area contributed by atoms with E-state index < -0.39 is 11.1 Å². The standard InChI is InChI=1S/C44H40N2/c1-3-19-37(20-4-1)43(39-23-11-7-15-33(39)27-28-34-16-8-12-24-40(34)43)45-31-32-46-44(38-21-5-2-6-22-38)41-25-13-9-17-35(41)29-30-36-18-10-14-26-42(36)44/h1-26,45-46H,27-32H2. The summed E-state index contributed by atoms with van der Waals surface area (Å²) in [6.07, 6.45) is 4.14. The van der Waals surface area contributed by atoms with Crippen LogP contribution in [0.25, 0.3) is 0 Å². The molecule has 6 aromatic carbocycles. The molecular weight excluding hydrogens is 556 g/mol. The lowest BCUT2D eigenvalue weighted by molar-refractivity contribution is 0.419. The van der Waals surface area contributed by atoms with Crippen molar-refractivity contribution in [3.05, 3.63) is 213 Å². The van der Waals surface area contributed by atoms with Crippen LogP contribution in [0.5, 0.6) is 0 Å². The zero-order valence-corrected chi connectivity index (χ0v) is 26.3. The minimum absolute atomic E-state index is 0.466. The largest absolute Gasteiger partial charge is 0.299 e. The number of nitrogens with one attached hydrogen (secondary N) is 2. The first-order chi connectivity index (χ1) is 22.8. The molecule has 2 aliphatic rings. The molecule has 6 aromatic rings. The highest BCUT2D eigenvalue weighted by Crippen LogP contribution is 2.44. The molecule has 0 aromatic heterocycles. The van der Waals surface area contributed by atoms with Crippen LogP contribution in [0.4, 0.5) is 0 Å². The first-order valence-corrected chi connectivity index (χ1v) is 16.8. The highest BCUT2D eigenvalue weighted by molar-refractivity contribution is 5.58. The second kappa shape index (κ2) is 12.2. The third-order valence-electron chi connectivity index (χ3n) is 10.3. The Morgan fingerprint density at radius 2 is 0.587 bits per heavy atom. The van der Waals surface area contributed by atoms with Crippen molar-refractivity contribution in [2.24, 2.45) is 0 Å². The van der Waals surface area contributed by atoms with Crippen LogP contribution in [0.3, 0.4) is 0 Å². The third kappa shape index (κ3) is 4.72. The monoisotopic (exact) mass is 596 g/mol. The van der Waals surface area contributed by atoms with Crippen LogP contribution in [0.2, 0.25) is 0 Å². The van der Waals surface area contributed by atoms with Gasteiger partial charge >= 0.3 is 0 Å². The van der Waals surface area contributed by atoms with Crippen molar-refractivity contribution < 1.29 is 0 Å². The Morgan fingerprint density at radius 1 is 0.326 bits per heavy atom. The fourth-order valence-electron chi connectivity index (χ4n) is 8.33. The lowest BCUT2D eigenvalue weighted by Gasteiger charge is -2.41. The molecule has 226 valence electrons. The number of fused-ring (bicyclic) bond motifs is 4. The molecule has 0 saturated carbocycles. The van der Waals surface area contributed by atoms with Crippen LogP contribution in [0.1, 0.15) is 55.6 Å². The first kappa shape index (κ1) is 28.7. The Bertz CT molecular complexity index is 1720. The summed E-state index contributed by atoms with van der Waals surface area (Å²) in [6.45, 7) is 1.55. The van der Waals surface area contributed by atoms with Crippen LogP contribution in [0.15, 0.2) is 158 Å². The highest BCUT2D eigenvalue weighted by Gasteiger charge is 2.42. The van der Waals surface area contributed by atoms with E-state index >= 15 is 0 Å². The molecule has 0 spiro atoms. The van der Waals surface area contributed by atoms with E-state index in [1.165, 1.54) is 55.6 Å². The zero-order valence-electron chi connectivity index (χ0n) is 26.3. The summed E-state index contributed by atoms with van der Waals surface area (Å²) in [4.78, 5) is 0. The van der Waals surface area contributed by atoms with Gasteiger partial charge in [-0.2, -0.15) is 0 Å². The van der Waals surface area contributed by atoms with Crippen molar-refractivity contribution >= 4 is 0 Å². The molecule has 0 bridgehead atoms. The maximum atomic E-state index is 4.21. The van der Waals surface area contributed by atoms with Gasteiger partial charge in [0.1, 0.15) is 0 Å². The molecule has 2 nitrogen and oxygen atoms in total. The summed E-state index contributed by atoms with van der Waals surface area (Å²) in [7, 11) is 0. The molecule has 2 N–H and O–H groups in total.